The van der Waals surface area contributed by atoms with Crippen LogP contribution in [0.1, 0.15) is 23.0 Å². The predicted molar refractivity (Wildman–Crippen MR) is 99.2 cm³/mol. The van der Waals surface area contributed by atoms with Crippen molar-refractivity contribution in [2.24, 2.45) is 0 Å². The second-order valence-corrected chi connectivity index (χ2v) is 6.10. The minimum atomic E-state index is -1.01. The van der Waals surface area contributed by atoms with Gasteiger partial charge in [-0.1, -0.05) is 29.8 Å². The number of esters is 1. The number of amides is 1. The molecule has 0 saturated carbocycles. The molecule has 1 atom stereocenters. The van der Waals surface area contributed by atoms with Crippen molar-refractivity contribution in [2.45, 2.75) is 20.0 Å². The zero-order valence-electron chi connectivity index (χ0n) is 14.2. The SMILES string of the molecule is Cc1c(Cl)cccc1NC(=O)C(C)OC(=O)c1cnc2ccccc2n1. The van der Waals surface area contributed by atoms with Crippen molar-refractivity contribution < 1.29 is 14.3 Å². The molecule has 0 fully saturated rings. The zero-order valence-corrected chi connectivity index (χ0v) is 14.9. The number of halogens is 1. The normalized spacial score (nSPS) is 11.8. The number of nitrogens with zero attached hydrogens (tertiary/aromatic N) is 2. The Bertz CT molecular complexity index is 991. The fourth-order valence-electron chi connectivity index (χ4n) is 2.31. The van der Waals surface area contributed by atoms with Gasteiger partial charge in [0.25, 0.3) is 5.91 Å². The second kappa shape index (κ2) is 7.49. The fraction of sp³-hybridized carbons (Fsp3) is 0.158. The van der Waals surface area contributed by atoms with Crippen molar-refractivity contribution in [1.29, 1.82) is 0 Å². The van der Waals surface area contributed by atoms with Gasteiger partial charge in [-0.15, -0.1) is 0 Å². The number of para-hydroxylation sites is 2. The van der Waals surface area contributed by atoms with Gasteiger partial charge in [0.1, 0.15) is 0 Å². The molecule has 1 heterocycles. The van der Waals surface area contributed by atoms with E-state index in [9.17, 15) is 9.59 Å². The van der Waals surface area contributed by atoms with E-state index in [1.165, 1.54) is 13.1 Å². The highest BCUT2D eigenvalue weighted by atomic mass is 35.5. The zero-order chi connectivity index (χ0) is 18.7. The highest BCUT2D eigenvalue weighted by molar-refractivity contribution is 6.31. The lowest BCUT2D eigenvalue weighted by Crippen LogP contribution is -2.30. The average Bonchev–Trinajstić information content (AvgIpc) is 2.64. The molecule has 26 heavy (non-hydrogen) atoms. The molecule has 0 aliphatic heterocycles. The topological polar surface area (TPSA) is 81.2 Å². The van der Waals surface area contributed by atoms with Crippen LogP contribution in [0.5, 0.6) is 0 Å². The second-order valence-electron chi connectivity index (χ2n) is 5.69. The van der Waals surface area contributed by atoms with Crippen LogP contribution in [0.2, 0.25) is 5.02 Å². The summed E-state index contributed by atoms with van der Waals surface area (Å²) in [6.45, 7) is 3.28. The Labute approximate surface area is 155 Å². The molecular formula is C19H16ClN3O3. The van der Waals surface area contributed by atoms with E-state index in [4.69, 9.17) is 16.3 Å². The number of ether oxygens (including phenoxy) is 1. The van der Waals surface area contributed by atoms with Gasteiger partial charge in [-0.3, -0.25) is 9.78 Å². The molecule has 3 aromatic rings. The maximum Gasteiger partial charge on any atom is 0.359 e. The maximum absolute atomic E-state index is 12.3. The summed E-state index contributed by atoms with van der Waals surface area (Å²) >= 11 is 6.04. The van der Waals surface area contributed by atoms with Gasteiger partial charge in [0, 0.05) is 10.7 Å². The minimum Gasteiger partial charge on any atom is -0.448 e. The summed E-state index contributed by atoms with van der Waals surface area (Å²) in [6, 6.07) is 12.4. The Kier molecular flexibility index (Phi) is 5.14. The summed E-state index contributed by atoms with van der Waals surface area (Å²) in [5, 5.41) is 3.24. The summed E-state index contributed by atoms with van der Waals surface area (Å²) < 4.78 is 5.20. The highest BCUT2D eigenvalue weighted by Gasteiger charge is 2.21. The molecule has 7 heteroatoms. The number of rotatable bonds is 4. The van der Waals surface area contributed by atoms with Crippen molar-refractivity contribution in [1.82, 2.24) is 9.97 Å². The first-order valence-corrected chi connectivity index (χ1v) is 8.32. The molecule has 2 aromatic carbocycles. The largest absolute Gasteiger partial charge is 0.448 e. The van der Waals surface area contributed by atoms with Crippen LogP contribution in [-0.4, -0.2) is 27.9 Å². The number of benzene rings is 2. The fourth-order valence-corrected chi connectivity index (χ4v) is 2.48. The Morgan fingerprint density at radius 1 is 1.12 bits per heavy atom. The van der Waals surface area contributed by atoms with Crippen molar-refractivity contribution in [2.75, 3.05) is 5.32 Å². The van der Waals surface area contributed by atoms with Gasteiger partial charge in [-0.05, 0) is 43.7 Å². The molecule has 3 rings (SSSR count). The Morgan fingerprint density at radius 2 is 1.85 bits per heavy atom. The molecule has 0 aliphatic carbocycles. The number of carbonyl (C=O) groups is 2. The Hall–Kier alpha value is -2.99. The predicted octanol–water partition coefficient (Wildman–Crippen LogP) is 3.78. The number of fused-ring (bicyclic) bond motifs is 1. The summed E-state index contributed by atoms with van der Waals surface area (Å²) in [4.78, 5) is 32.9. The Balaban J connectivity index is 1.69. The van der Waals surface area contributed by atoms with Gasteiger partial charge in [-0.25, -0.2) is 9.78 Å². The lowest BCUT2D eigenvalue weighted by molar-refractivity contribution is -0.123. The van der Waals surface area contributed by atoms with E-state index >= 15 is 0 Å². The number of aromatic nitrogens is 2. The first kappa shape index (κ1) is 17.8. The monoisotopic (exact) mass is 369 g/mol. The smallest absolute Gasteiger partial charge is 0.359 e. The molecule has 0 bridgehead atoms. The van der Waals surface area contributed by atoms with Gasteiger partial charge in [-0.2, -0.15) is 0 Å². The third kappa shape index (κ3) is 3.81. The number of carbonyl (C=O) groups excluding carboxylic acids is 2. The van der Waals surface area contributed by atoms with E-state index in [-0.39, 0.29) is 5.69 Å². The molecule has 1 aromatic heterocycles. The molecular weight excluding hydrogens is 354 g/mol. The van der Waals surface area contributed by atoms with Crippen LogP contribution in [0.25, 0.3) is 11.0 Å². The minimum absolute atomic E-state index is 0.0438. The number of hydrogen-bond acceptors (Lipinski definition) is 5. The molecule has 0 spiro atoms. The van der Waals surface area contributed by atoms with Gasteiger partial charge >= 0.3 is 5.97 Å². The molecule has 1 N–H and O–H groups in total. The van der Waals surface area contributed by atoms with Crippen LogP contribution in [0.15, 0.2) is 48.7 Å². The molecule has 132 valence electrons. The van der Waals surface area contributed by atoms with Gasteiger partial charge in [0.05, 0.1) is 17.2 Å². The third-order valence-electron chi connectivity index (χ3n) is 3.84. The van der Waals surface area contributed by atoms with Crippen LogP contribution < -0.4 is 5.32 Å². The lowest BCUT2D eigenvalue weighted by atomic mass is 10.2. The summed E-state index contributed by atoms with van der Waals surface area (Å²) in [6.07, 6.45) is 0.324. The van der Waals surface area contributed by atoms with E-state index < -0.39 is 18.0 Å². The van der Waals surface area contributed by atoms with Crippen molar-refractivity contribution in [3.63, 3.8) is 0 Å². The highest BCUT2D eigenvalue weighted by Crippen LogP contribution is 2.23. The first-order chi connectivity index (χ1) is 12.5. The lowest BCUT2D eigenvalue weighted by Gasteiger charge is -2.15. The molecule has 0 radical (unpaired) electrons. The number of nitrogens with one attached hydrogen (secondary N) is 1. The van der Waals surface area contributed by atoms with Gasteiger partial charge in [0.2, 0.25) is 0 Å². The first-order valence-electron chi connectivity index (χ1n) is 7.94. The quantitative estimate of drug-likeness (QED) is 0.708. The van der Waals surface area contributed by atoms with E-state index in [1.54, 1.807) is 43.3 Å². The molecule has 1 unspecified atom stereocenters. The van der Waals surface area contributed by atoms with Crippen molar-refractivity contribution in [3.05, 3.63) is 64.9 Å². The van der Waals surface area contributed by atoms with Crippen LogP contribution >= 0.6 is 11.6 Å². The van der Waals surface area contributed by atoms with Crippen LogP contribution in [-0.2, 0) is 9.53 Å². The van der Waals surface area contributed by atoms with Gasteiger partial charge < -0.3 is 10.1 Å². The van der Waals surface area contributed by atoms with E-state index in [2.05, 4.69) is 15.3 Å². The van der Waals surface area contributed by atoms with Crippen LogP contribution in [0.3, 0.4) is 0 Å². The molecule has 0 saturated heterocycles. The summed E-state index contributed by atoms with van der Waals surface area (Å²) in [5.74, 6) is -1.17. The molecule has 6 nitrogen and oxygen atoms in total. The van der Waals surface area contributed by atoms with Crippen LogP contribution in [0, 0.1) is 6.92 Å². The third-order valence-corrected chi connectivity index (χ3v) is 4.25. The van der Waals surface area contributed by atoms with Crippen LogP contribution in [0.4, 0.5) is 5.69 Å². The number of anilines is 1. The molecule has 1 amide bonds. The standard InChI is InChI=1S/C19H16ClN3O3/c1-11-13(20)6-5-9-14(11)23-18(24)12(2)26-19(25)17-10-21-15-7-3-4-8-16(15)22-17/h3-10,12H,1-2H3,(H,23,24). The van der Waals surface area contributed by atoms with Crippen molar-refractivity contribution in [3.8, 4) is 0 Å². The number of hydrogen-bond donors (Lipinski definition) is 1. The summed E-state index contributed by atoms with van der Waals surface area (Å²) in [7, 11) is 0. The average molecular weight is 370 g/mol. The van der Waals surface area contributed by atoms with E-state index in [1.807, 2.05) is 6.07 Å². The van der Waals surface area contributed by atoms with E-state index in [0.29, 0.717) is 21.7 Å². The van der Waals surface area contributed by atoms with Gasteiger partial charge in [0.15, 0.2) is 11.8 Å². The summed E-state index contributed by atoms with van der Waals surface area (Å²) in [5.41, 5.74) is 2.60. The Morgan fingerprint density at radius 3 is 2.62 bits per heavy atom. The maximum atomic E-state index is 12.3. The van der Waals surface area contributed by atoms with E-state index in [0.717, 1.165) is 5.56 Å². The molecule has 0 aliphatic rings. The van der Waals surface area contributed by atoms with Crippen molar-refractivity contribution >= 4 is 40.2 Å².